The van der Waals surface area contributed by atoms with Gasteiger partial charge in [-0.3, -0.25) is 14.5 Å². The topological polar surface area (TPSA) is 55.5 Å². The monoisotopic (exact) mass is 399 g/mol. The van der Waals surface area contributed by atoms with E-state index < -0.39 is 11.7 Å². The Bertz CT molecular complexity index is 954. The summed E-state index contributed by atoms with van der Waals surface area (Å²) in [6.45, 7) is 6.70. The van der Waals surface area contributed by atoms with E-state index in [1.165, 1.54) is 15.9 Å². The SMILES string of the molecule is COc1ccc(F)cc1C[NH+]1CC[NH+](CN2C(=O)C(=O)c3cc(C)ccc32)CC1. The number of benzene rings is 2. The van der Waals surface area contributed by atoms with Gasteiger partial charge in [-0.2, -0.15) is 0 Å². The maximum Gasteiger partial charge on any atom is 0.303 e. The fraction of sp³-hybridized carbons (Fsp3) is 0.364. The highest BCUT2D eigenvalue weighted by atomic mass is 19.1. The Labute approximate surface area is 169 Å². The van der Waals surface area contributed by atoms with Crippen LogP contribution < -0.4 is 19.4 Å². The molecule has 0 unspecified atom stereocenters. The number of fused-ring (bicyclic) bond motifs is 1. The summed E-state index contributed by atoms with van der Waals surface area (Å²) in [6.07, 6.45) is 0. The van der Waals surface area contributed by atoms with E-state index in [9.17, 15) is 14.0 Å². The van der Waals surface area contributed by atoms with Crippen molar-refractivity contribution in [3.63, 3.8) is 0 Å². The number of methoxy groups -OCH3 is 1. The average Bonchev–Trinajstić information content (AvgIpc) is 2.94. The van der Waals surface area contributed by atoms with Gasteiger partial charge in [0.1, 0.15) is 44.3 Å². The molecule has 1 saturated heterocycles. The van der Waals surface area contributed by atoms with Crippen molar-refractivity contribution in [2.45, 2.75) is 13.5 Å². The normalized spacial score (nSPS) is 21.4. The fourth-order valence-electron chi connectivity index (χ4n) is 4.24. The van der Waals surface area contributed by atoms with E-state index in [0.717, 1.165) is 43.0 Å². The van der Waals surface area contributed by atoms with Crippen LogP contribution in [0.3, 0.4) is 0 Å². The highest BCUT2D eigenvalue weighted by Gasteiger charge is 2.38. The average molecular weight is 399 g/mol. The van der Waals surface area contributed by atoms with Crippen LogP contribution in [-0.2, 0) is 11.3 Å². The molecule has 0 saturated carbocycles. The molecule has 0 aromatic heterocycles. The van der Waals surface area contributed by atoms with Gasteiger partial charge in [0.25, 0.3) is 5.78 Å². The molecule has 6 nitrogen and oxygen atoms in total. The number of aryl methyl sites for hydroxylation is 1. The van der Waals surface area contributed by atoms with Crippen molar-refractivity contribution >= 4 is 17.4 Å². The van der Waals surface area contributed by atoms with Crippen molar-refractivity contribution in [2.24, 2.45) is 0 Å². The van der Waals surface area contributed by atoms with Gasteiger partial charge in [-0.1, -0.05) is 11.6 Å². The number of rotatable bonds is 5. The summed E-state index contributed by atoms with van der Waals surface area (Å²) >= 11 is 0. The predicted molar refractivity (Wildman–Crippen MR) is 106 cm³/mol. The first-order chi connectivity index (χ1) is 14.0. The van der Waals surface area contributed by atoms with Gasteiger partial charge in [0.15, 0.2) is 6.67 Å². The van der Waals surface area contributed by atoms with Gasteiger partial charge in [-0.25, -0.2) is 4.39 Å². The van der Waals surface area contributed by atoms with Crippen molar-refractivity contribution < 1.29 is 28.5 Å². The van der Waals surface area contributed by atoms with Crippen LogP contribution in [-0.4, -0.2) is 51.6 Å². The van der Waals surface area contributed by atoms with Gasteiger partial charge in [-0.05, 0) is 37.3 Å². The van der Waals surface area contributed by atoms with Gasteiger partial charge in [0.05, 0.1) is 23.9 Å². The smallest absolute Gasteiger partial charge is 0.303 e. The zero-order chi connectivity index (χ0) is 20.5. The number of amides is 1. The maximum absolute atomic E-state index is 13.6. The number of Topliss-reactive ketones (excluding diaryl/α,β-unsaturated/α-hetero) is 1. The lowest BCUT2D eigenvalue weighted by Gasteiger charge is -2.32. The molecule has 0 bridgehead atoms. The number of hydrogen-bond acceptors (Lipinski definition) is 3. The quantitative estimate of drug-likeness (QED) is 0.674. The third-order valence-corrected chi connectivity index (χ3v) is 5.86. The lowest BCUT2D eigenvalue weighted by molar-refractivity contribution is -1.02. The molecule has 0 radical (unpaired) electrons. The summed E-state index contributed by atoms with van der Waals surface area (Å²) in [5.41, 5.74) is 3.08. The number of anilines is 1. The molecule has 2 heterocycles. The molecule has 7 heteroatoms. The van der Waals surface area contributed by atoms with Crippen molar-refractivity contribution in [1.29, 1.82) is 0 Å². The lowest BCUT2D eigenvalue weighted by Crippen LogP contribution is -3.28. The van der Waals surface area contributed by atoms with Crippen LogP contribution >= 0.6 is 0 Å². The summed E-state index contributed by atoms with van der Waals surface area (Å²) in [5.74, 6) is -0.389. The number of quaternary nitrogens is 2. The molecule has 2 aromatic rings. The van der Waals surface area contributed by atoms with Crippen LogP contribution in [0.4, 0.5) is 10.1 Å². The van der Waals surface area contributed by atoms with Gasteiger partial charge in [0.2, 0.25) is 0 Å². The van der Waals surface area contributed by atoms with Crippen LogP contribution in [0, 0.1) is 12.7 Å². The van der Waals surface area contributed by atoms with Gasteiger partial charge >= 0.3 is 5.91 Å². The number of ether oxygens (including phenoxy) is 1. The third kappa shape index (κ3) is 3.88. The molecule has 2 aliphatic heterocycles. The van der Waals surface area contributed by atoms with Crippen molar-refractivity contribution in [1.82, 2.24) is 0 Å². The number of carbonyl (C=O) groups excluding carboxylic acids is 2. The third-order valence-electron chi connectivity index (χ3n) is 5.86. The first kappa shape index (κ1) is 19.5. The number of piperazine rings is 1. The first-order valence-electron chi connectivity index (χ1n) is 9.92. The summed E-state index contributed by atoms with van der Waals surface area (Å²) in [7, 11) is 1.60. The Kier molecular flexibility index (Phi) is 5.34. The van der Waals surface area contributed by atoms with Crippen molar-refractivity contribution in [3.05, 3.63) is 58.9 Å². The predicted octanol–water partition coefficient (Wildman–Crippen LogP) is -0.387. The molecule has 152 valence electrons. The summed E-state index contributed by atoms with van der Waals surface area (Å²) in [4.78, 5) is 29.0. The standard InChI is InChI=1S/C22H24FN3O3/c1-15-3-5-19-18(11-15)21(27)22(28)26(19)14-25-9-7-24(8-10-25)13-16-12-17(23)4-6-20(16)29-2/h3-6,11-12H,7-10,13-14H2,1-2H3/p+2. The molecule has 29 heavy (non-hydrogen) atoms. The molecule has 2 aromatic carbocycles. The van der Waals surface area contributed by atoms with Crippen molar-refractivity contribution in [2.75, 3.05) is 44.9 Å². The lowest BCUT2D eigenvalue weighted by atomic mass is 10.1. The van der Waals surface area contributed by atoms with Crippen LogP contribution in [0.2, 0.25) is 0 Å². The van der Waals surface area contributed by atoms with E-state index in [0.29, 0.717) is 24.5 Å². The zero-order valence-corrected chi connectivity index (χ0v) is 16.8. The minimum absolute atomic E-state index is 0.254. The Balaban J connectivity index is 1.38. The Morgan fingerprint density at radius 3 is 2.48 bits per heavy atom. The van der Waals surface area contributed by atoms with Crippen LogP contribution in [0.25, 0.3) is 0 Å². The van der Waals surface area contributed by atoms with Crippen LogP contribution in [0.15, 0.2) is 36.4 Å². The molecule has 4 rings (SSSR count). The second-order valence-electron chi connectivity index (χ2n) is 7.87. The van der Waals surface area contributed by atoms with Gasteiger partial charge < -0.3 is 14.5 Å². The number of nitrogens with zero attached hydrogens (tertiary/aromatic N) is 1. The Morgan fingerprint density at radius 2 is 1.76 bits per heavy atom. The highest BCUT2D eigenvalue weighted by Crippen LogP contribution is 2.28. The summed E-state index contributed by atoms with van der Waals surface area (Å²) in [6, 6.07) is 10.2. The van der Waals surface area contributed by atoms with E-state index in [-0.39, 0.29) is 5.82 Å². The molecule has 2 aliphatic rings. The van der Waals surface area contributed by atoms with E-state index in [1.54, 1.807) is 30.2 Å². The highest BCUT2D eigenvalue weighted by molar-refractivity contribution is 6.52. The number of carbonyl (C=O) groups is 2. The number of ketones is 1. The molecule has 0 aliphatic carbocycles. The molecule has 0 spiro atoms. The first-order valence-corrected chi connectivity index (χ1v) is 9.92. The van der Waals surface area contributed by atoms with Gasteiger partial charge in [0, 0.05) is 0 Å². The Hall–Kier alpha value is -2.77. The number of nitrogens with one attached hydrogen (secondary N) is 2. The molecular formula is C22H26FN3O3+2. The summed E-state index contributed by atoms with van der Waals surface area (Å²) in [5, 5.41) is 0. The van der Waals surface area contributed by atoms with Crippen LogP contribution in [0.1, 0.15) is 21.5 Å². The second-order valence-corrected chi connectivity index (χ2v) is 7.87. The van der Waals surface area contributed by atoms with E-state index in [4.69, 9.17) is 4.74 Å². The molecule has 0 atom stereocenters. The molecule has 1 fully saturated rings. The van der Waals surface area contributed by atoms with E-state index >= 15 is 0 Å². The largest absolute Gasteiger partial charge is 0.496 e. The molecule has 1 amide bonds. The molecular weight excluding hydrogens is 373 g/mol. The fourth-order valence-corrected chi connectivity index (χ4v) is 4.24. The van der Waals surface area contributed by atoms with Crippen molar-refractivity contribution in [3.8, 4) is 5.75 Å². The summed E-state index contributed by atoms with van der Waals surface area (Å²) < 4.78 is 19.0. The zero-order valence-electron chi connectivity index (χ0n) is 16.8. The van der Waals surface area contributed by atoms with Crippen LogP contribution in [0.5, 0.6) is 5.75 Å². The minimum Gasteiger partial charge on any atom is -0.496 e. The Morgan fingerprint density at radius 1 is 1.03 bits per heavy atom. The van der Waals surface area contributed by atoms with Gasteiger partial charge in [-0.15, -0.1) is 0 Å². The maximum atomic E-state index is 13.6. The number of halogens is 1. The minimum atomic E-state index is -0.433. The van der Waals surface area contributed by atoms with E-state index in [1.807, 2.05) is 19.1 Å². The number of hydrogen-bond donors (Lipinski definition) is 2. The second kappa shape index (κ2) is 7.93. The molecule has 2 N–H and O–H groups in total. The van der Waals surface area contributed by atoms with E-state index in [2.05, 4.69) is 0 Å².